The van der Waals surface area contributed by atoms with Crippen LogP contribution in [-0.4, -0.2) is 28.0 Å². The molecule has 3 aromatic carbocycles. The van der Waals surface area contributed by atoms with Gasteiger partial charge in [0.15, 0.2) is 0 Å². The van der Waals surface area contributed by atoms with Gasteiger partial charge in [0.25, 0.3) is 15.9 Å². The average molecular weight is 455 g/mol. The van der Waals surface area contributed by atoms with Gasteiger partial charge in [0, 0.05) is 17.8 Å². The van der Waals surface area contributed by atoms with Crippen LogP contribution in [0, 0.1) is 6.92 Å². The van der Waals surface area contributed by atoms with E-state index < -0.39 is 10.0 Å². The molecule has 0 saturated heterocycles. The summed E-state index contributed by atoms with van der Waals surface area (Å²) in [6, 6.07) is 18.2. The third kappa shape index (κ3) is 5.79. The number of benzene rings is 3. The Morgan fingerprint density at radius 3 is 2.44 bits per heavy atom. The molecule has 168 valence electrons. The standard InChI is InChI=1S/C24H26N2O5S/c1-4-31-21-10-12-22(13-11-21)32(28,29)26-20-7-5-6-19(15-20)24(27)25-16-18-9-8-17(2)23(14-18)30-3/h5-15,26H,4,16H2,1-3H3,(H,25,27). The Balaban J connectivity index is 1.68. The van der Waals surface area contributed by atoms with E-state index >= 15 is 0 Å². The molecule has 0 saturated carbocycles. The van der Waals surface area contributed by atoms with Crippen LogP contribution in [0.5, 0.6) is 11.5 Å². The van der Waals surface area contributed by atoms with Gasteiger partial charge in [-0.05, 0) is 73.5 Å². The molecule has 0 atom stereocenters. The van der Waals surface area contributed by atoms with Gasteiger partial charge in [0.1, 0.15) is 11.5 Å². The zero-order chi connectivity index (χ0) is 23.1. The SMILES string of the molecule is CCOc1ccc(S(=O)(=O)Nc2cccc(C(=O)NCc3ccc(C)c(OC)c3)c2)cc1. The number of carbonyl (C=O) groups is 1. The van der Waals surface area contributed by atoms with Crippen LogP contribution in [-0.2, 0) is 16.6 Å². The number of nitrogens with one attached hydrogen (secondary N) is 2. The van der Waals surface area contributed by atoms with E-state index in [1.165, 1.54) is 18.2 Å². The van der Waals surface area contributed by atoms with E-state index in [0.29, 0.717) is 30.2 Å². The number of anilines is 1. The zero-order valence-electron chi connectivity index (χ0n) is 18.2. The Bertz CT molecular complexity index is 1190. The first-order chi connectivity index (χ1) is 15.3. The highest BCUT2D eigenvalue weighted by Crippen LogP contribution is 2.21. The van der Waals surface area contributed by atoms with E-state index in [-0.39, 0.29) is 10.8 Å². The summed E-state index contributed by atoms with van der Waals surface area (Å²) in [6.45, 7) is 4.61. The molecule has 0 aliphatic heterocycles. The minimum atomic E-state index is -3.81. The Morgan fingerprint density at radius 2 is 1.75 bits per heavy atom. The van der Waals surface area contributed by atoms with Crippen LogP contribution in [0.25, 0.3) is 0 Å². The fourth-order valence-electron chi connectivity index (χ4n) is 3.08. The van der Waals surface area contributed by atoms with Crippen molar-refractivity contribution in [3.05, 3.63) is 83.4 Å². The second kappa shape index (κ2) is 10.2. The molecule has 0 aromatic heterocycles. The van der Waals surface area contributed by atoms with Gasteiger partial charge in [-0.25, -0.2) is 8.42 Å². The van der Waals surface area contributed by atoms with Crippen molar-refractivity contribution in [3.63, 3.8) is 0 Å². The van der Waals surface area contributed by atoms with Crippen LogP contribution in [0.2, 0.25) is 0 Å². The number of sulfonamides is 1. The predicted molar refractivity (Wildman–Crippen MR) is 124 cm³/mol. The summed E-state index contributed by atoms with van der Waals surface area (Å²) < 4.78 is 38.5. The molecule has 7 nitrogen and oxygen atoms in total. The van der Waals surface area contributed by atoms with Crippen molar-refractivity contribution in [1.29, 1.82) is 0 Å². The van der Waals surface area contributed by atoms with E-state index in [9.17, 15) is 13.2 Å². The zero-order valence-corrected chi connectivity index (χ0v) is 19.0. The topological polar surface area (TPSA) is 93.7 Å². The molecule has 0 unspecified atom stereocenters. The number of hydrogen-bond acceptors (Lipinski definition) is 5. The van der Waals surface area contributed by atoms with Crippen molar-refractivity contribution in [2.24, 2.45) is 0 Å². The van der Waals surface area contributed by atoms with Crippen LogP contribution in [0.15, 0.2) is 71.6 Å². The lowest BCUT2D eigenvalue weighted by Crippen LogP contribution is -2.23. The number of amides is 1. The summed E-state index contributed by atoms with van der Waals surface area (Å²) in [5.41, 5.74) is 2.54. The molecule has 2 N–H and O–H groups in total. The normalized spacial score (nSPS) is 11.0. The van der Waals surface area contributed by atoms with Gasteiger partial charge in [-0.2, -0.15) is 0 Å². The smallest absolute Gasteiger partial charge is 0.261 e. The maximum Gasteiger partial charge on any atom is 0.261 e. The van der Waals surface area contributed by atoms with Gasteiger partial charge in [-0.15, -0.1) is 0 Å². The van der Waals surface area contributed by atoms with Gasteiger partial charge in [0.2, 0.25) is 0 Å². The highest BCUT2D eigenvalue weighted by molar-refractivity contribution is 7.92. The molecular formula is C24H26N2O5S. The van der Waals surface area contributed by atoms with E-state index in [0.717, 1.165) is 16.9 Å². The Labute approximate surface area is 188 Å². The quantitative estimate of drug-likeness (QED) is 0.507. The predicted octanol–water partition coefficient (Wildman–Crippen LogP) is 4.13. The number of hydrogen-bond donors (Lipinski definition) is 2. The molecule has 3 rings (SSSR count). The first-order valence-corrected chi connectivity index (χ1v) is 11.6. The van der Waals surface area contributed by atoms with E-state index in [1.54, 1.807) is 37.4 Å². The summed E-state index contributed by atoms with van der Waals surface area (Å²) in [5, 5.41) is 2.84. The van der Waals surface area contributed by atoms with Gasteiger partial charge in [0.05, 0.1) is 18.6 Å². The van der Waals surface area contributed by atoms with Crippen molar-refractivity contribution in [3.8, 4) is 11.5 Å². The van der Waals surface area contributed by atoms with Gasteiger partial charge < -0.3 is 14.8 Å². The van der Waals surface area contributed by atoms with Crippen molar-refractivity contribution >= 4 is 21.6 Å². The second-order valence-electron chi connectivity index (χ2n) is 7.08. The van der Waals surface area contributed by atoms with Crippen molar-refractivity contribution in [2.45, 2.75) is 25.3 Å². The van der Waals surface area contributed by atoms with Crippen molar-refractivity contribution in [2.75, 3.05) is 18.4 Å². The lowest BCUT2D eigenvalue weighted by molar-refractivity contribution is 0.0951. The van der Waals surface area contributed by atoms with Gasteiger partial charge in [-0.1, -0.05) is 18.2 Å². The summed E-state index contributed by atoms with van der Waals surface area (Å²) >= 11 is 0. The highest BCUT2D eigenvalue weighted by atomic mass is 32.2. The molecule has 3 aromatic rings. The first-order valence-electron chi connectivity index (χ1n) is 10.1. The Hall–Kier alpha value is -3.52. The molecule has 0 spiro atoms. The first kappa shape index (κ1) is 23.1. The number of rotatable bonds is 9. The maximum atomic E-state index is 12.7. The largest absolute Gasteiger partial charge is 0.496 e. The lowest BCUT2D eigenvalue weighted by atomic mass is 10.1. The van der Waals surface area contributed by atoms with E-state index in [2.05, 4.69) is 10.0 Å². The lowest BCUT2D eigenvalue weighted by Gasteiger charge is -2.11. The van der Waals surface area contributed by atoms with Crippen LogP contribution >= 0.6 is 0 Å². The number of methoxy groups -OCH3 is 1. The molecule has 0 heterocycles. The maximum absolute atomic E-state index is 12.7. The van der Waals surface area contributed by atoms with Crippen molar-refractivity contribution < 1.29 is 22.7 Å². The third-order valence-corrected chi connectivity index (χ3v) is 6.14. The van der Waals surface area contributed by atoms with Crippen LogP contribution in [0.3, 0.4) is 0 Å². The van der Waals surface area contributed by atoms with Gasteiger partial charge >= 0.3 is 0 Å². The van der Waals surface area contributed by atoms with Crippen LogP contribution in [0.4, 0.5) is 5.69 Å². The molecule has 8 heteroatoms. The third-order valence-electron chi connectivity index (χ3n) is 4.75. The summed E-state index contributed by atoms with van der Waals surface area (Å²) in [7, 11) is -2.20. The minimum Gasteiger partial charge on any atom is -0.496 e. The molecule has 0 radical (unpaired) electrons. The van der Waals surface area contributed by atoms with Crippen LogP contribution in [0.1, 0.15) is 28.4 Å². The fraction of sp³-hybridized carbons (Fsp3) is 0.208. The summed E-state index contributed by atoms with van der Waals surface area (Å²) in [5.74, 6) is 1.03. The molecule has 0 aliphatic carbocycles. The minimum absolute atomic E-state index is 0.101. The Kier molecular flexibility index (Phi) is 7.37. The average Bonchev–Trinajstić information content (AvgIpc) is 2.79. The van der Waals surface area contributed by atoms with E-state index in [4.69, 9.17) is 9.47 Å². The molecule has 0 fully saturated rings. The van der Waals surface area contributed by atoms with Gasteiger partial charge in [-0.3, -0.25) is 9.52 Å². The van der Waals surface area contributed by atoms with Crippen LogP contribution < -0.4 is 19.5 Å². The molecule has 1 amide bonds. The Morgan fingerprint density at radius 1 is 1.00 bits per heavy atom. The molecule has 0 aliphatic rings. The summed E-state index contributed by atoms with van der Waals surface area (Å²) in [4.78, 5) is 12.7. The molecular weight excluding hydrogens is 428 g/mol. The van der Waals surface area contributed by atoms with E-state index in [1.807, 2.05) is 32.0 Å². The summed E-state index contributed by atoms with van der Waals surface area (Å²) in [6.07, 6.45) is 0. The highest BCUT2D eigenvalue weighted by Gasteiger charge is 2.15. The number of ether oxygens (including phenoxy) is 2. The molecule has 0 bridgehead atoms. The number of aryl methyl sites for hydroxylation is 1. The fourth-order valence-corrected chi connectivity index (χ4v) is 4.13. The number of carbonyl (C=O) groups excluding carboxylic acids is 1. The molecule has 32 heavy (non-hydrogen) atoms. The van der Waals surface area contributed by atoms with Crippen molar-refractivity contribution in [1.82, 2.24) is 5.32 Å². The monoisotopic (exact) mass is 454 g/mol. The second-order valence-corrected chi connectivity index (χ2v) is 8.76.